The van der Waals surface area contributed by atoms with Crippen molar-refractivity contribution in [2.75, 3.05) is 6.61 Å². The predicted molar refractivity (Wildman–Crippen MR) is 91.2 cm³/mol. The van der Waals surface area contributed by atoms with Gasteiger partial charge in [0.05, 0.1) is 6.54 Å². The molecule has 1 N–H and O–H groups in total. The summed E-state index contributed by atoms with van der Waals surface area (Å²) in [5.74, 6) is 0.408. The van der Waals surface area contributed by atoms with Crippen molar-refractivity contribution in [3.63, 3.8) is 0 Å². The van der Waals surface area contributed by atoms with E-state index in [0.29, 0.717) is 11.6 Å². The Balaban J connectivity index is 1.50. The van der Waals surface area contributed by atoms with Crippen LogP contribution in [-0.4, -0.2) is 22.7 Å². The molecule has 8 heteroatoms. The molecule has 0 aliphatic rings. The van der Waals surface area contributed by atoms with Gasteiger partial charge in [-0.2, -0.15) is 4.98 Å². The Morgan fingerprint density at radius 3 is 2.80 bits per heavy atom. The number of rotatable bonds is 6. The van der Waals surface area contributed by atoms with Gasteiger partial charge in [0.2, 0.25) is 11.7 Å². The summed E-state index contributed by atoms with van der Waals surface area (Å²) in [7, 11) is 0. The summed E-state index contributed by atoms with van der Waals surface area (Å²) in [5.41, 5.74) is 0.801. The van der Waals surface area contributed by atoms with E-state index < -0.39 is 0 Å². The number of aromatic nitrogens is 2. The second kappa shape index (κ2) is 7.89. The molecule has 0 fully saturated rings. The van der Waals surface area contributed by atoms with Crippen molar-refractivity contribution in [1.82, 2.24) is 15.5 Å². The molecule has 128 valence electrons. The average molecular weight is 406 g/mol. The summed E-state index contributed by atoms with van der Waals surface area (Å²) in [4.78, 5) is 16.0. The van der Waals surface area contributed by atoms with Crippen molar-refractivity contribution >= 4 is 21.8 Å². The number of hydrogen-bond acceptors (Lipinski definition) is 5. The quantitative estimate of drug-likeness (QED) is 0.680. The smallest absolute Gasteiger partial charge is 0.258 e. The lowest BCUT2D eigenvalue weighted by Gasteiger charge is -2.05. The molecule has 0 aliphatic heterocycles. The SMILES string of the molecule is O=C(COc1ccc(F)cc1)NCc1nc(-c2cccc(Br)c2)no1. The molecule has 6 nitrogen and oxygen atoms in total. The molecular weight excluding hydrogens is 393 g/mol. The van der Waals surface area contributed by atoms with E-state index in [4.69, 9.17) is 9.26 Å². The molecule has 3 aromatic rings. The van der Waals surface area contributed by atoms with E-state index in [1.807, 2.05) is 24.3 Å². The van der Waals surface area contributed by atoms with Crippen LogP contribution in [0.1, 0.15) is 5.89 Å². The minimum atomic E-state index is -0.366. The molecule has 1 aromatic heterocycles. The third kappa shape index (κ3) is 4.87. The maximum atomic E-state index is 12.8. The lowest BCUT2D eigenvalue weighted by Crippen LogP contribution is -2.28. The predicted octanol–water partition coefficient (Wildman–Crippen LogP) is 3.33. The Kier molecular flexibility index (Phi) is 5.39. The first-order valence-electron chi connectivity index (χ1n) is 7.34. The standard InChI is InChI=1S/C17H13BrFN3O3/c18-12-3-1-2-11(8-12)17-21-16(25-22-17)9-20-15(23)10-24-14-6-4-13(19)5-7-14/h1-8H,9-10H2,(H,20,23). The van der Waals surface area contributed by atoms with Gasteiger partial charge in [-0.25, -0.2) is 4.39 Å². The highest BCUT2D eigenvalue weighted by Crippen LogP contribution is 2.20. The molecule has 1 amide bonds. The van der Waals surface area contributed by atoms with Crippen LogP contribution in [-0.2, 0) is 11.3 Å². The topological polar surface area (TPSA) is 77.2 Å². The fourth-order valence-electron chi connectivity index (χ4n) is 1.98. The van der Waals surface area contributed by atoms with Crippen molar-refractivity contribution in [3.8, 4) is 17.1 Å². The fourth-order valence-corrected chi connectivity index (χ4v) is 2.38. The lowest BCUT2D eigenvalue weighted by molar-refractivity contribution is -0.123. The largest absolute Gasteiger partial charge is 0.484 e. The first-order chi connectivity index (χ1) is 12.1. The van der Waals surface area contributed by atoms with Crippen LogP contribution in [0.15, 0.2) is 57.5 Å². The van der Waals surface area contributed by atoms with Crippen molar-refractivity contribution in [2.45, 2.75) is 6.54 Å². The number of benzene rings is 2. The number of carbonyl (C=O) groups excluding carboxylic acids is 1. The summed E-state index contributed by atoms with van der Waals surface area (Å²) in [6.45, 7) is -0.106. The van der Waals surface area contributed by atoms with Gasteiger partial charge >= 0.3 is 0 Å². The molecule has 0 aliphatic carbocycles. The molecule has 0 saturated heterocycles. The van der Waals surface area contributed by atoms with Gasteiger partial charge in [-0.3, -0.25) is 4.79 Å². The summed E-state index contributed by atoms with van der Waals surface area (Å²) < 4.78 is 24.0. The first kappa shape index (κ1) is 17.1. The maximum absolute atomic E-state index is 12.8. The maximum Gasteiger partial charge on any atom is 0.258 e. The Morgan fingerprint density at radius 1 is 1.24 bits per heavy atom. The van der Waals surface area contributed by atoms with Gasteiger partial charge in [0, 0.05) is 10.0 Å². The van der Waals surface area contributed by atoms with E-state index in [2.05, 4.69) is 31.4 Å². The van der Waals surface area contributed by atoms with Crippen LogP contribution in [0.4, 0.5) is 4.39 Å². The van der Waals surface area contributed by atoms with E-state index in [9.17, 15) is 9.18 Å². The van der Waals surface area contributed by atoms with Crippen LogP contribution in [0.5, 0.6) is 5.75 Å². The number of nitrogens with one attached hydrogen (secondary N) is 1. The van der Waals surface area contributed by atoms with Gasteiger partial charge in [0.15, 0.2) is 6.61 Å². The number of hydrogen-bond donors (Lipinski definition) is 1. The van der Waals surface area contributed by atoms with Crippen LogP contribution in [0.2, 0.25) is 0 Å². The molecule has 3 rings (SSSR count). The summed E-state index contributed by atoms with van der Waals surface area (Å²) in [6, 6.07) is 12.9. The summed E-state index contributed by atoms with van der Waals surface area (Å²) in [6.07, 6.45) is 0. The van der Waals surface area contributed by atoms with Crippen LogP contribution in [0.25, 0.3) is 11.4 Å². The molecule has 0 bridgehead atoms. The van der Waals surface area contributed by atoms with Gasteiger partial charge in [-0.1, -0.05) is 33.2 Å². The van der Waals surface area contributed by atoms with Crippen molar-refractivity contribution in [1.29, 1.82) is 0 Å². The fraction of sp³-hybridized carbons (Fsp3) is 0.118. The summed E-state index contributed by atoms with van der Waals surface area (Å²) in [5, 5.41) is 6.50. The van der Waals surface area contributed by atoms with E-state index in [1.165, 1.54) is 24.3 Å². The molecule has 0 saturated carbocycles. The minimum Gasteiger partial charge on any atom is -0.484 e. The summed E-state index contributed by atoms with van der Waals surface area (Å²) >= 11 is 3.38. The molecule has 0 atom stereocenters. The highest BCUT2D eigenvalue weighted by Gasteiger charge is 2.10. The van der Waals surface area contributed by atoms with E-state index in [-0.39, 0.29) is 30.8 Å². The molecule has 0 spiro atoms. The van der Waals surface area contributed by atoms with Gasteiger partial charge in [-0.05, 0) is 36.4 Å². The normalized spacial score (nSPS) is 10.5. The second-order valence-electron chi connectivity index (χ2n) is 5.04. The Labute approximate surface area is 151 Å². The van der Waals surface area contributed by atoms with Crippen LogP contribution >= 0.6 is 15.9 Å². The third-order valence-corrected chi connectivity index (χ3v) is 3.66. The molecule has 2 aromatic carbocycles. The Hall–Kier alpha value is -2.74. The van der Waals surface area contributed by atoms with Crippen LogP contribution in [0.3, 0.4) is 0 Å². The monoisotopic (exact) mass is 405 g/mol. The molecule has 1 heterocycles. The number of carbonyl (C=O) groups is 1. The second-order valence-corrected chi connectivity index (χ2v) is 5.96. The third-order valence-electron chi connectivity index (χ3n) is 3.17. The van der Waals surface area contributed by atoms with E-state index in [1.54, 1.807) is 0 Å². The Morgan fingerprint density at radius 2 is 2.04 bits per heavy atom. The van der Waals surface area contributed by atoms with Gasteiger partial charge in [0.25, 0.3) is 5.91 Å². The van der Waals surface area contributed by atoms with Gasteiger partial charge < -0.3 is 14.6 Å². The average Bonchev–Trinajstić information content (AvgIpc) is 3.08. The van der Waals surface area contributed by atoms with Crippen LogP contribution in [0, 0.1) is 5.82 Å². The van der Waals surface area contributed by atoms with E-state index >= 15 is 0 Å². The first-order valence-corrected chi connectivity index (χ1v) is 8.13. The van der Waals surface area contributed by atoms with Crippen molar-refractivity contribution in [2.24, 2.45) is 0 Å². The zero-order chi connectivity index (χ0) is 17.6. The molecule has 25 heavy (non-hydrogen) atoms. The number of ether oxygens (including phenoxy) is 1. The molecule has 0 unspecified atom stereocenters. The minimum absolute atomic E-state index is 0.0899. The number of halogens is 2. The lowest BCUT2D eigenvalue weighted by atomic mass is 10.2. The van der Waals surface area contributed by atoms with Gasteiger partial charge in [0.1, 0.15) is 11.6 Å². The van der Waals surface area contributed by atoms with Crippen molar-refractivity contribution in [3.05, 3.63) is 64.7 Å². The number of nitrogens with zero attached hydrogens (tertiary/aromatic N) is 2. The Bertz CT molecular complexity index is 868. The zero-order valence-electron chi connectivity index (χ0n) is 12.9. The highest BCUT2D eigenvalue weighted by molar-refractivity contribution is 9.10. The number of amides is 1. The van der Waals surface area contributed by atoms with Gasteiger partial charge in [-0.15, -0.1) is 0 Å². The zero-order valence-corrected chi connectivity index (χ0v) is 14.5. The van der Waals surface area contributed by atoms with Crippen molar-refractivity contribution < 1.29 is 18.4 Å². The van der Waals surface area contributed by atoms with E-state index in [0.717, 1.165) is 10.0 Å². The molecular formula is C17H13BrFN3O3. The molecule has 0 radical (unpaired) electrons. The highest BCUT2D eigenvalue weighted by atomic mass is 79.9. The van der Waals surface area contributed by atoms with Crippen LogP contribution < -0.4 is 10.1 Å².